The number of amides is 3. The predicted octanol–water partition coefficient (Wildman–Crippen LogP) is 3.20. The van der Waals surface area contributed by atoms with E-state index in [2.05, 4.69) is 15.7 Å². The number of aryl methyl sites for hydroxylation is 1. The lowest BCUT2D eigenvalue weighted by Crippen LogP contribution is -2.58. The van der Waals surface area contributed by atoms with Crippen molar-refractivity contribution in [2.24, 2.45) is 11.8 Å². The third-order valence-electron chi connectivity index (χ3n) is 6.65. The molecule has 1 aromatic heterocycles. The molecule has 0 unspecified atom stereocenters. The Morgan fingerprint density at radius 3 is 2.15 bits per heavy atom. The number of carbonyl (C=O) groups is 4. The number of nitrogens with one attached hydrogen (secondary N) is 2. The molecular weight excluding hydrogens is 515 g/mol. The van der Waals surface area contributed by atoms with Gasteiger partial charge in [-0.05, 0) is 49.8 Å². The average Bonchev–Trinajstić information content (AvgIpc) is 3.51. The highest BCUT2D eigenvalue weighted by atomic mass is 19.4. The van der Waals surface area contributed by atoms with E-state index >= 15 is 0 Å². The third kappa shape index (κ3) is 6.85. The number of ketones is 1. The van der Waals surface area contributed by atoms with Crippen molar-refractivity contribution in [1.29, 1.82) is 0 Å². The van der Waals surface area contributed by atoms with Crippen LogP contribution in [-0.2, 0) is 14.4 Å². The van der Waals surface area contributed by atoms with E-state index in [0.29, 0.717) is 17.8 Å². The van der Waals surface area contributed by atoms with Gasteiger partial charge in [-0.2, -0.15) is 18.3 Å². The molecule has 0 bridgehead atoms. The van der Waals surface area contributed by atoms with E-state index in [1.165, 1.54) is 23.4 Å². The third-order valence-corrected chi connectivity index (χ3v) is 6.65. The predicted molar refractivity (Wildman–Crippen MR) is 137 cm³/mol. The molecule has 39 heavy (non-hydrogen) atoms. The van der Waals surface area contributed by atoms with Gasteiger partial charge in [-0.15, -0.1) is 0 Å². The van der Waals surface area contributed by atoms with Gasteiger partial charge in [-0.3, -0.25) is 19.2 Å². The Morgan fingerprint density at radius 2 is 1.59 bits per heavy atom. The van der Waals surface area contributed by atoms with Gasteiger partial charge >= 0.3 is 6.18 Å². The second kappa shape index (κ2) is 12.0. The molecule has 3 atom stereocenters. The maximum absolute atomic E-state index is 13.6. The molecule has 212 valence electrons. The van der Waals surface area contributed by atoms with Crippen LogP contribution in [0, 0.1) is 18.8 Å². The Morgan fingerprint density at radius 1 is 0.974 bits per heavy atom. The topological polar surface area (TPSA) is 113 Å². The molecule has 1 aliphatic heterocycles. The van der Waals surface area contributed by atoms with Crippen molar-refractivity contribution in [1.82, 2.24) is 25.3 Å². The quantitative estimate of drug-likeness (QED) is 0.499. The number of rotatable bonds is 9. The second-order valence-corrected chi connectivity index (χ2v) is 10.4. The molecule has 3 amide bonds. The Labute approximate surface area is 225 Å². The molecular formula is C27H34F3N5O4. The van der Waals surface area contributed by atoms with Gasteiger partial charge in [0.15, 0.2) is 0 Å². The van der Waals surface area contributed by atoms with Crippen LogP contribution in [0.2, 0.25) is 0 Å². The Bertz CT molecular complexity index is 1210. The lowest BCUT2D eigenvalue weighted by atomic mass is 9.98. The second-order valence-electron chi connectivity index (χ2n) is 10.4. The van der Waals surface area contributed by atoms with Gasteiger partial charge in [0.05, 0.1) is 17.4 Å². The standard InChI is InChI=1S/C27H34F3N5O4/c1-15(2)21(23(36)27(28,29)30)31-24(37)19-12-9-13-34(19)26(39)22(16(3)4)32-25(38)20-14-17(5)33-35(20)18-10-7-6-8-11-18/h6-8,10-11,14-16,19,21-22H,9,12-13H2,1-5H3,(H,31,37)(H,32,38)/t19-,21-,22-/m0/s1. The molecule has 3 rings (SSSR count). The number of hydrogen-bond donors (Lipinski definition) is 2. The first-order chi connectivity index (χ1) is 18.2. The Balaban J connectivity index is 1.80. The zero-order valence-electron chi connectivity index (χ0n) is 22.6. The van der Waals surface area contributed by atoms with Crippen molar-refractivity contribution in [3.05, 3.63) is 47.8 Å². The molecule has 0 saturated carbocycles. The van der Waals surface area contributed by atoms with Gasteiger partial charge in [-0.1, -0.05) is 45.9 Å². The largest absolute Gasteiger partial charge is 0.452 e. The average molecular weight is 550 g/mol. The summed E-state index contributed by atoms with van der Waals surface area (Å²) in [6.07, 6.45) is -4.44. The van der Waals surface area contributed by atoms with Gasteiger partial charge in [0.2, 0.25) is 11.8 Å². The summed E-state index contributed by atoms with van der Waals surface area (Å²) in [5.74, 6) is -5.11. The van der Waals surface area contributed by atoms with E-state index in [1.54, 1.807) is 51.1 Å². The maximum atomic E-state index is 13.6. The molecule has 9 nitrogen and oxygen atoms in total. The zero-order valence-corrected chi connectivity index (χ0v) is 22.6. The van der Waals surface area contributed by atoms with E-state index in [0.717, 1.165) is 0 Å². The number of Topliss-reactive ketones (excluding diaryl/α,β-unsaturated/α-hetero) is 1. The fourth-order valence-corrected chi connectivity index (χ4v) is 4.60. The lowest BCUT2D eigenvalue weighted by molar-refractivity contribution is -0.175. The minimum absolute atomic E-state index is 0.191. The number of halogens is 3. The maximum Gasteiger partial charge on any atom is 0.452 e. The number of aromatic nitrogens is 2. The molecule has 2 N–H and O–H groups in total. The lowest BCUT2D eigenvalue weighted by Gasteiger charge is -2.31. The minimum atomic E-state index is -5.11. The highest BCUT2D eigenvalue weighted by molar-refractivity contribution is 5.99. The molecule has 1 saturated heterocycles. The Kier molecular flexibility index (Phi) is 9.18. The highest BCUT2D eigenvalue weighted by Gasteiger charge is 2.46. The number of alkyl halides is 3. The molecule has 2 heterocycles. The van der Waals surface area contributed by atoms with Crippen LogP contribution < -0.4 is 10.6 Å². The van der Waals surface area contributed by atoms with Crippen molar-refractivity contribution < 1.29 is 32.3 Å². The van der Waals surface area contributed by atoms with Gasteiger partial charge in [0.1, 0.15) is 17.8 Å². The van der Waals surface area contributed by atoms with Crippen LogP contribution in [0.15, 0.2) is 36.4 Å². The van der Waals surface area contributed by atoms with Crippen LogP contribution >= 0.6 is 0 Å². The van der Waals surface area contributed by atoms with Crippen LogP contribution in [0.4, 0.5) is 13.2 Å². The molecule has 0 aliphatic carbocycles. The summed E-state index contributed by atoms with van der Waals surface area (Å²) in [5.41, 5.74) is 1.48. The van der Waals surface area contributed by atoms with E-state index in [4.69, 9.17) is 0 Å². The van der Waals surface area contributed by atoms with E-state index < -0.39 is 53.7 Å². The van der Waals surface area contributed by atoms with Crippen LogP contribution in [-0.4, -0.2) is 69.0 Å². The number of hydrogen-bond acceptors (Lipinski definition) is 5. The summed E-state index contributed by atoms with van der Waals surface area (Å²) in [6, 6.07) is 6.78. The van der Waals surface area contributed by atoms with Crippen molar-refractivity contribution in [2.45, 2.75) is 71.8 Å². The molecule has 0 spiro atoms. The van der Waals surface area contributed by atoms with E-state index in [1.807, 2.05) is 6.07 Å². The van der Waals surface area contributed by atoms with Gasteiger partial charge in [0.25, 0.3) is 11.7 Å². The van der Waals surface area contributed by atoms with E-state index in [-0.39, 0.29) is 24.6 Å². The summed E-state index contributed by atoms with van der Waals surface area (Å²) in [4.78, 5) is 53.1. The van der Waals surface area contributed by atoms with Gasteiger partial charge in [-0.25, -0.2) is 4.68 Å². The first-order valence-corrected chi connectivity index (χ1v) is 12.9. The minimum Gasteiger partial charge on any atom is -0.344 e. The molecule has 0 radical (unpaired) electrons. The van der Waals surface area contributed by atoms with Crippen molar-refractivity contribution in [2.75, 3.05) is 6.54 Å². The number of benzene rings is 1. The first-order valence-electron chi connectivity index (χ1n) is 12.9. The zero-order chi connectivity index (χ0) is 29.1. The van der Waals surface area contributed by atoms with Crippen molar-refractivity contribution in [3.8, 4) is 5.69 Å². The SMILES string of the molecule is Cc1cc(C(=O)N[C@H](C(=O)N2CCC[C@H]2C(=O)N[C@H](C(=O)C(F)(F)F)C(C)C)C(C)C)n(-c2ccccc2)n1. The number of nitrogens with zero attached hydrogens (tertiary/aromatic N) is 3. The number of likely N-dealkylation sites (tertiary alicyclic amines) is 1. The fourth-order valence-electron chi connectivity index (χ4n) is 4.60. The monoisotopic (exact) mass is 549 g/mol. The highest BCUT2D eigenvalue weighted by Crippen LogP contribution is 2.24. The van der Waals surface area contributed by atoms with Crippen molar-refractivity contribution >= 4 is 23.5 Å². The van der Waals surface area contributed by atoms with Gasteiger partial charge in [0, 0.05) is 6.54 Å². The van der Waals surface area contributed by atoms with Crippen LogP contribution in [0.25, 0.3) is 5.69 Å². The van der Waals surface area contributed by atoms with E-state index in [9.17, 15) is 32.3 Å². The summed E-state index contributed by atoms with van der Waals surface area (Å²) >= 11 is 0. The van der Waals surface area contributed by atoms with Crippen LogP contribution in [0.1, 0.15) is 56.7 Å². The summed E-state index contributed by atoms with van der Waals surface area (Å²) in [5, 5.41) is 9.36. The van der Waals surface area contributed by atoms with Crippen molar-refractivity contribution in [3.63, 3.8) is 0 Å². The number of para-hydroxylation sites is 1. The molecule has 1 aromatic carbocycles. The summed E-state index contributed by atoms with van der Waals surface area (Å²) < 4.78 is 40.7. The first kappa shape index (κ1) is 29.9. The smallest absolute Gasteiger partial charge is 0.344 e. The summed E-state index contributed by atoms with van der Waals surface area (Å²) in [7, 11) is 0. The molecule has 12 heteroatoms. The van der Waals surface area contributed by atoms with Gasteiger partial charge < -0.3 is 15.5 Å². The molecule has 2 aromatic rings. The Hall–Kier alpha value is -3.70. The molecule has 1 aliphatic rings. The van der Waals surface area contributed by atoms with Crippen LogP contribution in [0.3, 0.4) is 0 Å². The normalized spacial score (nSPS) is 17.3. The number of carbonyl (C=O) groups excluding carboxylic acids is 4. The van der Waals surface area contributed by atoms with Crippen LogP contribution in [0.5, 0.6) is 0 Å². The fraction of sp³-hybridized carbons (Fsp3) is 0.519. The molecule has 1 fully saturated rings. The summed E-state index contributed by atoms with van der Waals surface area (Å²) in [6.45, 7) is 8.21.